The molecule has 120 valence electrons. The maximum atomic E-state index is 14.2. The Morgan fingerprint density at radius 2 is 2.09 bits per heavy atom. The topological polar surface area (TPSA) is 48.9 Å². The molecule has 0 saturated heterocycles. The van der Waals surface area contributed by atoms with Crippen LogP contribution in [-0.2, 0) is 0 Å². The van der Waals surface area contributed by atoms with Crippen molar-refractivity contribution < 1.29 is 9.13 Å². The highest BCUT2D eigenvalue weighted by Crippen LogP contribution is 2.38. The lowest BCUT2D eigenvalue weighted by Crippen LogP contribution is -1.95. The van der Waals surface area contributed by atoms with Crippen LogP contribution in [0.2, 0.25) is 0 Å². The van der Waals surface area contributed by atoms with Crippen LogP contribution in [0.3, 0.4) is 0 Å². The first-order valence-electron chi connectivity index (χ1n) is 6.46. The molecule has 0 aliphatic rings. The van der Waals surface area contributed by atoms with Crippen molar-refractivity contribution in [3.8, 4) is 11.5 Å². The summed E-state index contributed by atoms with van der Waals surface area (Å²) in [7, 11) is 0. The van der Waals surface area contributed by atoms with Crippen LogP contribution in [0.5, 0.6) is 11.5 Å². The molecule has 3 rings (SSSR count). The Balaban J connectivity index is 0.00000192. The highest BCUT2D eigenvalue weighted by molar-refractivity contribution is 14.0. The van der Waals surface area contributed by atoms with Crippen molar-refractivity contribution in [3.05, 3.63) is 58.4 Å². The van der Waals surface area contributed by atoms with Gasteiger partial charge in [-0.3, -0.25) is 5.41 Å². The van der Waals surface area contributed by atoms with Crippen molar-refractivity contribution in [2.24, 2.45) is 0 Å². The molecule has 0 atom stereocenters. The minimum atomic E-state index is -0.452. The number of thioether (sulfide) groups is 1. The fourth-order valence-electron chi connectivity index (χ4n) is 2.14. The fraction of sp³-hybridized carbons (Fsp3) is 0.0625. The third kappa shape index (κ3) is 3.72. The smallest absolute Gasteiger partial charge is 0.177 e. The van der Waals surface area contributed by atoms with Crippen LogP contribution in [0.25, 0.3) is 10.9 Å². The second-order valence-electron chi connectivity index (χ2n) is 4.60. The normalized spacial score (nSPS) is 10.4. The second-order valence-corrected chi connectivity index (χ2v) is 6.21. The average Bonchev–Trinajstić information content (AvgIpc) is 2.99. The number of aromatic amines is 1. The molecule has 2 aromatic carbocycles. The molecule has 7 heteroatoms. The molecule has 1 aromatic heterocycles. The van der Waals surface area contributed by atoms with Crippen LogP contribution in [0, 0.1) is 11.2 Å². The molecular weight excluding hydrogens is 494 g/mol. The number of halogens is 3. The summed E-state index contributed by atoms with van der Waals surface area (Å²) in [6.07, 6.45) is 3.59. The number of H-pyrrole nitrogens is 1. The number of hydrogen-bond acceptors (Lipinski definition) is 3. The second kappa shape index (κ2) is 7.67. The predicted octanol–water partition coefficient (Wildman–Crippen LogP) is 6.17. The van der Waals surface area contributed by atoms with E-state index in [0.717, 1.165) is 10.9 Å². The first kappa shape index (κ1) is 18.3. The number of fused-ring (bicyclic) bond motifs is 1. The molecule has 0 aliphatic heterocycles. The number of rotatable bonds is 3. The third-order valence-corrected chi connectivity index (χ3v) is 4.65. The number of benzene rings is 2. The Labute approximate surface area is 162 Å². The maximum absolute atomic E-state index is 14.2. The molecule has 0 radical (unpaired) electrons. The standard InChI is InChI=1S/C16H12BrFN2OS.HI/c1-22-16(19)9-3-2-4-10(7-9)21-15-12(18)8-13-11(14(15)17)5-6-20-13;/h2-8,19-20H,1H3;1H. The fourth-order valence-corrected chi connectivity index (χ4v) is 3.12. The van der Waals surface area contributed by atoms with Gasteiger partial charge in [-0.1, -0.05) is 12.1 Å². The largest absolute Gasteiger partial charge is 0.453 e. The Morgan fingerprint density at radius 1 is 1.30 bits per heavy atom. The summed E-state index contributed by atoms with van der Waals surface area (Å²) in [4.78, 5) is 2.97. The van der Waals surface area contributed by atoms with Gasteiger partial charge in [-0.05, 0) is 40.4 Å². The van der Waals surface area contributed by atoms with Crippen LogP contribution in [-0.4, -0.2) is 16.3 Å². The van der Waals surface area contributed by atoms with Gasteiger partial charge in [0.25, 0.3) is 0 Å². The van der Waals surface area contributed by atoms with Gasteiger partial charge >= 0.3 is 0 Å². The number of aromatic nitrogens is 1. The van der Waals surface area contributed by atoms with Crippen molar-refractivity contribution in [2.75, 3.05) is 6.26 Å². The van der Waals surface area contributed by atoms with Gasteiger partial charge in [-0.15, -0.1) is 35.7 Å². The quantitative estimate of drug-likeness (QED) is 0.253. The first-order chi connectivity index (χ1) is 10.6. The van der Waals surface area contributed by atoms with Crippen LogP contribution in [0.1, 0.15) is 5.56 Å². The van der Waals surface area contributed by atoms with Gasteiger partial charge in [0.1, 0.15) is 5.75 Å². The summed E-state index contributed by atoms with van der Waals surface area (Å²) >= 11 is 4.74. The number of hydrogen-bond donors (Lipinski definition) is 2. The highest BCUT2D eigenvalue weighted by atomic mass is 127. The Morgan fingerprint density at radius 3 is 2.83 bits per heavy atom. The van der Waals surface area contributed by atoms with Gasteiger partial charge in [-0.25, -0.2) is 4.39 Å². The third-order valence-electron chi connectivity index (χ3n) is 3.22. The summed E-state index contributed by atoms with van der Waals surface area (Å²) in [5.41, 5.74) is 1.44. The Hall–Kier alpha value is -1.06. The molecule has 2 N–H and O–H groups in total. The van der Waals surface area contributed by atoms with Crippen molar-refractivity contribution in [1.29, 1.82) is 5.41 Å². The van der Waals surface area contributed by atoms with Crippen molar-refractivity contribution in [1.82, 2.24) is 4.98 Å². The molecule has 0 bridgehead atoms. The van der Waals surface area contributed by atoms with E-state index in [0.29, 0.717) is 20.8 Å². The van der Waals surface area contributed by atoms with E-state index in [1.54, 1.807) is 24.4 Å². The SMILES string of the molecule is CSC(=N)c1cccc(Oc2c(F)cc3[nH]ccc3c2Br)c1.I. The van der Waals surface area contributed by atoms with Gasteiger partial charge in [-0.2, -0.15) is 0 Å². The lowest BCUT2D eigenvalue weighted by molar-refractivity contribution is 0.440. The van der Waals surface area contributed by atoms with E-state index in [1.165, 1.54) is 17.8 Å². The molecule has 23 heavy (non-hydrogen) atoms. The Kier molecular flexibility index (Phi) is 6.10. The molecule has 3 nitrogen and oxygen atoms in total. The van der Waals surface area contributed by atoms with Crippen molar-refractivity contribution in [2.45, 2.75) is 0 Å². The zero-order valence-electron chi connectivity index (χ0n) is 12.0. The number of nitrogens with one attached hydrogen (secondary N) is 2. The molecule has 0 unspecified atom stereocenters. The van der Waals surface area contributed by atoms with E-state index in [9.17, 15) is 4.39 Å². The zero-order valence-corrected chi connectivity index (χ0v) is 16.8. The molecule has 3 aromatic rings. The summed E-state index contributed by atoms with van der Waals surface area (Å²) in [5.74, 6) is 0.179. The van der Waals surface area contributed by atoms with Gasteiger partial charge < -0.3 is 9.72 Å². The van der Waals surface area contributed by atoms with Gasteiger partial charge in [0.2, 0.25) is 0 Å². The number of ether oxygens (including phenoxy) is 1. The molecule has 0 saturated carbocycles. The summed E-state index contributed by atoms with van der Waals surface area (Å²) in [5, 5.41) is 9.13. The summed E-state index contributed by atoms with van der Waals surface area (Å²) in [6, 6.07) is 10.3. The van der Waals surface area contributed by atoms with Crippen LogP contribution < -0.4 is 4.74 Å². The van der Waals surface area contributed by atoms with Gasteiger partial charge in [0.05, 0.1) is 9.52 Å². The molecule has 0 aliphatic carbocycles. The molecular formula is C16H13BrFIN2OS. The van der Waals surface area contributed by atoms with Crippen LogP contribution in [0.15, 0.2) is 47.1 Å². The Bertz CT molecular complexity index is 868. The van der Waals surface area contributed by atoms with Crippen molar-refractivity contribution in [3.63, 3.8) is 0 Å². The highest BCUT2D eigenvalue weighted by Gasteiger charge is 2.15. The predicted molar refractivity (Wildman–Crippen MR) is 108 cm³/mol. The van der Waals surface area contributed by atoms with E-state index < -0.39 is 5.82 Å². The molecule has 0 spiro atoms. The molecule has 0 fully saturated rings. The van der Waals surface area contributed by atoms with E-state index in [1.807, 2.05) is 18.4 Å². The van der Waals surface area contributed by atoms with E-state index >= 15 is 0 Å². The van der Waals surface area contributed by atoms with E-state index in [4.69, 9.17) is 10.1 Å². The lowest BCUT2D eigenvalue weighted by atomic mass is 10.2. The minimum absolute atomic E-state index is 0. The van der Waals surface area contributed by atoms with Gasteiger partial charge in [0, 0.05) is 28.7 Å². The first-order valence-corrected chi connectivity index (χ1v) is 8.48. The van der Waals surface area contributed by atoms with Crippen molar-refractivity contribution >= 4 is 67.6 Å². The summed E-state index contributed by atoms with van der Waals surface area (Å²) < 4.78 is 20.5. The van der Waals surface area contributed by atoms with Gasteiger partial charge in [0.15, 0.2) is 11.6 Å². The summed E-state index contributed by atoms with van der Waals surface area (Å²) in [6.45, 7) is 0. The minimum Gasteiger partial charge on any atom is -0.453 e. The lowest BCUT2D eigenvalue weighted by Gasteiger charge is -2.11. The van der Waals surface area contributed by atoms with Crippen LogP contribution >= 0.6 is 51.7 Å². The molecule has 1 heterocycles. The van der Waals surface area contributed by atoms with E-state index in [2.05, 4.69) is 20.9 Å². The van der Waals surface area contributed by atoms with E-state index in [-0.39, 0.29) is 29.7 Å². The molecule has 0 amide bonds. The monoisotopic (exact) mass is 506 g/mol. The average molecular weight is 507 g/mol. The zero-order chi connectivity index (χ0) is 15.7. The van der Waals surface area contributed by atoms with Crippen LogP contribution in [0.4, 0.5) is 4.39 Å². The maximum Gasteiger partial charge on any atom is 0.177 e.